The van der Waals surface area contributed by atoms with Crippen LogP contribution in [0.3, 0.4) is 0 Å². The zero-order valence-corrected chi connectivity index (χ0v) is 15.1. The standard InChI is InChI=1S/C21H22N2O3/c1-4-17(24)18-19(14-8-6-5-7-9-14)23(21(26)20(18)25)16-12-10-15(11-13-16)22(2)3/h5-13,19,25H,4H2,1-3H3. The minimum absolute atomic E-state index is 0.167. The normalized spacial score (nSPS) is 17.0. The van der Waals surface area contributed by atoms with Gasteiger partial charge in [0.25, 0.3) is 5.91 Å². The van der Waals surface area contributed by atoms with Gasteiger partial charge in [0.2, 0.25) is 0 Å². The Morgan fingerprint density at radius 2 is 1.69 bits per heavy atom. The van der Waals surface area contributed by atoms with Gasteiger partial charge in [-0.25, -0.2) is 0 Å². The molecule has 1 aliphatic heterocycles. The zero-order valence-electron chi connectivity index (χ0n) is 15.1. The van der Waals surface area contributed by atoms with Gasteiger partial charge in [-0.3, -0.25) is 14.5 Å². The maximum Gasteiger partial charge on any atom is 0.294 e. The van der Waals surface area contributed by atoms with Crippen LogP contribution in [0.4, 0.5) is 11.4 Å². The molecule has 0 fully saturated rings. The SMILES string of the molecule is CCC(=O)C1=C(O)C(=O)N(c2ccc(N(C)C)cc2)C1c1ccccc1. The Balaban J connectivity index is 2.11. The summed E-state index contributed by atoms with van der Waals surface area (Å²) in [7, 11) is 3.88. The zero-order chi connectivity index (χ0) is 18.8. The highest BCUT2D eigenvalue weighted by Crippen LogP contribution is 2.41. The third-order valence-electron chi connectivity index (χ3n) is 4.59. The number of rotatable bonds is 5. The van der Waals surface area contributed by atoms with Crippen molar-refractivity contribution < 1.29 is 14.7 Å². The van der Waals surface area contributed by atoms with Crippen LogP contribution in [-0.4, -0.2) is 30.9 Å². The van der Waals surface area contributed by atoms with E-state index in [9.17, 15) is 14.7 Å². The van der Waals surface area contributed by atoms with Gasteiger partial charge in [-0.2, -0.15) is 0 Å². The Morgan fingerprint density at radius 3 is 2.23 bits per heavy atom. The van der Waals surface area contributed by atoms with Crippen molar-refractivity contribution in [1.82, 2.24) is 0 Å². The van der Waals surface area contributed by atoms with E-state index < -0.39 is 17.7 Å². The van der Waals surface area contributed by atoms with Crippen molar-refractivity contribution in [3.05, 3.63) is 71.5 Å². The maximum absolute atomic E-state index is 12.8. The molecule has 0 aromatic heterocycles. The molecule has 1 unspecified atom stereocenters. The number of anilines is 2. The largest absolute Gasteiger partial charge is 0.503 e. The molecule has 1 N–H and O–H groups in total. The molecule has 0 spiro atoms. The Bertz CT molecular complexity index is 855. The first-order chi connectivity index (χ1) is 12.5. The summed E-state index contributed by atoms with van der Waals surface area (Å²) >= 11 is 0. The Kier molecular flexibility index (Phi) is 4.80. The van der Waals surface area contributed by atoms with Crippen molar-refractivity contribution in [2.45, 2.75) is 19.4 Å². The van der Waals surface area contributed by atoms with Gasteiger partial charge in [0, 0.05) is 31.9 Å². The number of amides is 1. The van der Waals surface area contributed by atoms with Crippen LogP contribution in [0.2, 0.25) is 0 Å². The van der Waals surface area contributed by atoms with Crippen molar-refractivity contribution in [1.29, 1.82) is 0 Å². The lowest BCUT2D eigenvalue weighted by molar-refractivity contribution is -0.118. The molecule has 5 nitrogen and oxygen atoms in total. The number of hydrogen-bond donors (Lipinski definition) is 1. The molecule has 1 aliphatic rings. The number of ketones is 1. The van der Waals surface area contributed by atoms with E-state index in [1.165, 1.54) is 4.90 Å². The molecule has 2 aromatic rings. The minimum atomic E-state index is -0.624. The maximum atomic E-state index is 12.8. The molecule has 2 aromatic carbocycles. The number of carbonyl (C=O) groups excluding carboxylic acids is 2. The lowest BCUT2D eigenvalue weighted by Crippen LogP contribution is -2.31. The number of benzene rings is 2. The summed E-state index contributed by atoms with van der Waals surface area (Å²) < 4.78 is 0. The van der Waals surface area contributed by atoms with Gasteiger partial charge >= 0.3 is 0 Å². The van der Waals surface area contributed by atoms with Crippen molar-refractivity contribution in [3.63, 3.8) is 0 Å². The summed E-state index contributed by atoms with van der Waals surface area (Å²) in [5, 5.41) is 10.4. The van der Waals surface area contributed by atoms with Crippen molar-refractivity contribution in [3.8, 4) is 0 Å². The fraction of sp³-hybridized carbons (Fsp3) is 0.238. The minimum Gasteiger partial charge on any atom is -0.503 e. The highest BCUT2D eigenvalue weighted by atomic mass is 16.3. The van der Waals surface area contributed by atoms with Gasteiger partial charge in [-0.15, -0.1) is 0 Å². The van der Waals surface area contributed by atoms with E-state index in [0.29, 0.717) is 5.69 Å². The molecule has 3 rings (SSSR count). The number of Topliss-reactive ketones (excluding diaryl/α,β-unsaturated/α-hetero) is 1. The molecule has 26 heavy (non-hydrogen) atoms. The summed E-state index contributed by atoms with van der Waals surface area (Å²) in [6, 6.07) is 16.2. The van der Waals surface area contributed by atoms with E-state index in [0.717, 1.165) is 11.3 Å². The molecule has 134 valence electrons. The third kappa shape index (κ3) is 2.96. The number of aliphatic hydroxyl groups is 1. The Hall–Kier alpha value is -3.08. The van der Waals surface area contributed by atoms with Gasteiger partial charge in [0.15, 0.2) is 11.5 Å². The van der Waals surface area contributed by atoms with E-state index in [2.05, 4.69) is 0 Å². The first kappa shape index (κ1) is 17.7. The number of aliphatic hydroxyl groups excluding tert-OH is 1. The molecule has 0 saturated carbocycles. The van der Waals surface area contributed by atoms with Crippen LogP contribution in [0.5, 0.6) is 0 Å². The fourth-order valence-corrected chi connectivity index (χ4v) is 3.21. The van der Waals surface area contributed by atoms with Crippen LogP contribution in [-0.2, 0) is 9.59 Å². The molecule has 0 aliphatic carbocycles. The number of hydrogen-bond acceptors (Lipinski definition) is 4. The topological polar surface area (TPSA) is 60.9 Å². The molecule has 0 bridgehead atoms. The summed E-state index contributed by atoms with van der Waals surface area (Å²) in [4.78, 5) is 28.7. The monoisotopic (exact) mass is 350 g/mol. The van der Waals surface area contributed by atoms with Gasteiger partial charge in [-0.1, -0.05) is 37.3 Å². The van der Waals surface area contributed by atoms with E-state index in [-0.39, 0.29) is 17.8 Å². The average Bonchev–Trinajstić information content (AvgIpc) is 2.93. The van der Waals surface area contributed by atoms with E-state index in [4.69, 9.17) is 0 Å². The molecule has 1 atom stereocenters. The quantitative estimate of drug-likeness (QED) is 0.894. The average molecular weight is 350 g/mol. The molecule has 0 saturated heterocycles. The lowest BCUT2D eigenvalue weighted by Gasteiger charge is -2.27. The van der Waals surface area contributed by atoms with E-state index in [1.807, 2.05) is 73.6 Å². The fourth-order valence-electron chi connectivity index (χ4n) is 3.21. The predicted octanol–water partition coefficient (Wildman–Crippen LogP) is 3.63. The second kappa shape index (κ2) is 7.04. The Morgan fingerprint density at radius 1 is 1.08 bits per heavy atom. The van der Waals surface area contributed by atoms with Crippen LogP contribution in [0.15, 0.2) is 65.9 Å². The van der Waals surface area contributed by atoms with Crippen LogP contribution in [0, 0.1) is 0 Å². The van der Waals surface area contributed by atoms with E-state index in [1.54, 1.807) is 6.92 Å². The first-order valence-electron chi connectivity index (χ1n) is 8.58. The molecule has 1 heterocycles. The van der Waals surface area contributed by atoms with Crippen molar-refractivity contribution >= 4 is 23.1 Å². The van der Waals surface area contributed by atoms with Crippen LogP contribution >= 0.6 is 0 Å². The van der Waals surface area contributed by atoms with Crippen LogP contribution < -0.4 is 9.80 Å². The molecule has 5 heteroatoms. The number of nitrogens with zero attached hydrogens (tertiary/aromatic N) is 2. The second-order valence-corrected chi connectivity index (χ2v) is 6.44. The van der Waals surface area contributed by atoms with Crippen molar-refractivity contribution in [2.24, 2.45) is 0 Å². The second-order valence-electron chi connectivity index (χ2n) is 6.44. The smallest absolute Gasteiger partial charge is 0.294 e. The van der Waals surface area contributed by atoms with Crippen LogP contribution in [0.1, 0.15) is 24.9 Å². The summed E-state index contributed by atoms with van der Waals surface area (Å²) in [5.74, 6) is -1.23. The molecule has 1 amide bonds. The van der Waals surface area contributed by atoms with Gasteiger partial charge in [0.05, 0.1) is 11.6 Å². The number of carbonyl (C=O) groups is 2. The highest BCUT2D eigenvalue weighted by Gasteiger charge is 2.43. The first-order valence-corrected chi connectivity index (χ1v) is 8.58. The Labute approximate surface area is 153 Å². The van der Waals surface area contributed by atoms with Gasteiger partial charge in [0.1, 0.15) is 0 Å². The lowest BCUT2D eigenvalue weighted by atomic mass is 9.95. The van der Waals surface area contributed by atoms with Gasteiger partial charge < -0.3 is 10.0 Å². The third-order valence-corrected chi connectivity index (χ3v) is 4.59. The van der Waals surface area contributed by atoms with Crippen molar-refractivity contribution in [2.75, 3.05) is 23.9 Å². The van der Waals surface area contributed by atoms with Gasteiger partial charge in [-0.05, 0) is 29.8 Å². The molecular weight excluding hydrogens is 328 g/mol. The summed E-state index contributed by atoms with van der Waals surface area (Å²) in [6.45, 7) is 1.73. The highest BCUT2D eigenvalue weighted by molar-refractivity contribution is 6.16. The molecule has 0 radical (unpaired) electrons. The van der Waals surface area contributed by atoms with Crippen LogP contribution in [0.25, 0.3) is 0 Å². The molecular formula is C21H22N2O3. The summed E-state index contributed by atoms with van der Waals surface area (Å²) in [5.41, 5.74) is 2.59. The predicted molar refractivity (Wildman–Crippen MR) is 102 cm³/mol. The van der Waals surface area contributed by atoms with E-state index >= 15 is 0 Å². The summed E-state index contributed by atoms with van der Waals surface area (Å²) in [6.07, 6.45) is 0.226.